The van der Waals surface area contributed by atoms with Gasteiger partial charge in [-0.15, -0.1) is 0 Å². The van der Waals surface area contributed by atoms with Crippen LogP contribution in [-0.4, -0.2) is 20.9 Å². The van der Waals surface area contributed by atoms with Crippen molar-refractivity contribution in [1.29, 1.82) is 0 Å². The summed E-state index contributed by atoms with van der Waals surface area (Å²) in [6.45, 7) is 2.00. The second kappa shape index (κ2) is 4.53. The van der Waals surface area contributed by atoms with Crippen LogP contribution >= 0.6 is 0 Å². The molecule has 0 bridgehead atoms. The number of aromatic amines is 1. The fourth-order valence-electron chi connectivity index (χ4n) is 1.97. The van der Waals surface area contributed by atoms with Crippen LogP contribution in [0.1, 0.15) is 16.2 Å². The molecule has 0 fully saturated rings. The molecule has 3 aromatic rings. The van der Waals surface area contributed by atoms with Gasteiger partial charge in [0.05, 0.1) is 6.20 Å². The molecule has 2 aromatic heterocycles. The van der Waals surface area contributed by atoms with Gasteiger partial charge in [0, 0.05) is 34.7 Å². The summed E-state index contributed by atoms with van der Waals surface area (Å²) >= 11 is 0. The maximum atomic E-state index is 11.9. The monoisotopic (exact) mass is 252 g/mol. The van der Waals surface area contributed by atoms with Gasteiger partial charge in [-0.1, -0.05) is 0 Å². The summed E-state index contributed by atoms with van der Waals surface area (Å²) < 4.78 is 0. The fourth-order valence-corrected chi connectivity index (χ4v) is 1.97. The van der Waals surface area contributed by atoms with E-state index >= 15 is 0 Å². The molecular formula is C14H12N4O. The van der Waals surface area contributed by atoms with E-state index in [1.165, 1.54) is 18.6 Å². The second-order valence-electron chi connectivity index (χ2n) is 4.30. The largest absolute Gasteiger partial charge is 0.359 e. The quantitative estimate of drug-likeness (QED) is 0.736. The molecule has 1 amide bonds. The highest BCUT2D eigenvalue weighted by Crippen LogP contribution is 2.20. The minimum Gasteiger partial charge on any atom is -0.359 e. The predicted octanol–water partition coefficient (Wildman–Crippen LogP) is 2.52. The highest BCUT2D eigenvalue weighted by atomic mass is 16.1. The number of fused-ring (bicyclic) bond motifs is 1. The van der Waals surface area contributed by atoms with Crippen LogP contribution in [0.2, 0.25) is 0 Å². The molecule has 0 aliphatic heterocycles. The highest BCUT2D eigenvalue weighted by molar-refractivity contribution is 6.03. The van der Waals surface area contributed by atoms with E-state index in [9.17, 15) is 4.79 Å². The van der Waals surface area contributed by atoms with Crippen molar-refractivity contribution in [3.05, 3.63) is 54.2 Å². The van der Waals surface area contributed by atoms with Crippen molar-refractivity contribution in [3.63, 3.8) is 0 Å². The number of nitrogens with one attached hydrogen (secondary N) is 2. The number of carbonyl (C=O) groups is 1. The van der Waals surface area contributed by atoms with Crippen LogP contribution in [0, 0.1) is 6.92 Å². The molecule has 0 radical (unpaired) electrons. The van der Waals surface area contributed by atoms with Crippen LogP contribution < -0.4 is 5.32 Å². The van der Waals surface area contributed by atoms with Crippen LogP contribution in [0.4, 0.5) is 5.69 Å². The Hall–Kier alpha value is -2.69. The van der Waals surface area contributed by atoms with E-state index in [-0.39, 0.29) is 5.91 Å². The minimum absolute atomic E-state index is 0.264. The second-order valence-corrected chi connectivity index (χ2v) is 4.30. The van der Waals surface area contributed by atoms with Crippen molar-refractivity contribution in [3.8, 4) is 0 Å². The van der Waals surface area contributed by atoms with Gasteiger partial charge in [0.15, 0.2) is 0 Å². The smallest absolute Gasteiger partial charge is 0.275 e. The van der Waals surface area contributed by atoms with Crippen LogP contribution in [-0.2, 0) is 0 Å². The van der Waals surface area contributed by atoms with Crippen molar-refractivity contribution in [2.75, 3.05) is 5.32 Å². The molecule has 0 aliphatic carbocycles. The van der Waals surface area contributed by atoms with Crippen molar-refractivity contribution < 1.29 is 4.79 Å². The maximum absolute atomic E-state index is 11.9. The van der Waals surface area contributed by atoms with Gasteiger partial charge in [-0.05, 0) is 31.2 Å². The lowest BCUT2D eigenvalue weighted by Gasteiger charge is -2.04. The van der Waals surface area contributed by atoms with E-state index in [0.717, 1.165) is 22.3 Å². The third-order valence-electron chi connectivity index (χ3n) is 2.81. The molecular weight excluding hydrogens is 240 g/mol. The van der Waals surface area contributed by atoms with E-state index in [0.29, 0.717) is 5.69 Å². The number of benzene rings is 1. The lowest BCUT2D eigenvalue weighted by atomic mass is 10.2. The Labute approximate surface area is 109 Å². The first-order valence-electron chi connectivity index (χ1n) is 5.89. The van der Waals surface area contributed by atoms with Gasteiger partial charge in [-0.25, -0.2) is 4.98 Å². The van der Waals surface area contributed by atoms with Gasteiger partial charge in [-0.2, -0.15) is 0 Å². The number of nitrogens with zero attached hydrogens (tertiary/aromatic N) is 2. The summed E-state index contributed by atoms with van der Waals surface area (Å²) in [7, 11) is 0. The molecule has 2 N–H and O–H groups in total. The number of H-pyrrole nitrogens is 1. The Morgan fingerprint density at radius 1 is 1.26 bits per heavy atom. The van der Waals surface area contributed by atoms with Crippen LogP contribution in [0.3, 0.4) is 0 Å². The van der Waals surface area contributed by atoms with E-state index in [1.54, 1.807) is 0 Å². The molecule has 1 aromatic carbocycles. The average Bonchev–Trinajstić information content (AvgIpc) is 2.79. The Morgan fingerprint density at radius 3 is 2.95 bits per heavy atom. The Bertz CT molecular complexity index is 734. The molecule has 94 valence electrons. The third kappa shape index (κ3) is 2.30. The first-order chi connectivity index (χ1) is 9.22. The van der Waals surface area contributed by atoms with Gasteiger partial charge < -0.3 is 10.3 Å². The van der Waals surface area contributed by atoms with Gasteiger partial charge in [0.2, 0.25) is 0 Å². The molecule has 0 saturated heterocycles. The zero-order chi connectivity index (χ0) is 13.2. The SMILES string of the molecule is Cc1cc2cc(NC(=O)c3cnccn3)ccc2[nH]1. The standard InChI is InChI=1S/C14H12N4O/c1-9-6-10-7-11(2-3-12(10)17-9)18-14(19)13-8-15-4-5-16-13/h2-8,17H,1H3,(H,18,19). The normalized spacial score (nSPS) is 10.6. The number of aromatic nitrogens is 3. The number of rotatable bonds is 2. The van der Waals surface area contributed by atoms with Crippen molar-refractivity contribution in [2.45, 2.75) is 6.92 Å². The van der Waals surface area contributed by atoms with Crippen LogP contribution in [0.15, 0.2) is 42.9 Å². The highest BCUT2D eigenvalue weighted by Gasteiger charge is 2.08. The van der Waals surface area contributed by atoms with Crippen LogP contribution in [0.25, 0.3) is 10.9 Å². The third-order valence-corrected chi connectivity index (χ3v) is 2.81. The Morgan fingerprint density at radius 2 is 2.16 bits per heavy atom. The summed E-state index contributed by atoms with van der Waals surface area (Å²) in [5, 5.41) is 3.87. The molecule has 19 heavy (non-hydrogen) atoms. The molecule has 5 nitrogen and oxygen atoms in total. The number of hydrogen-bond donors (Lipinski definition) is 2. The summed E-state index contributed by atoms with van der Waals surface area (Å²) in [6.07, 6.45) is 4.47. The first-order valence-corrected chi connectivity index (χ1v) is 5.89. The summed E-state index contributed by atoms with van der Waals surface area (Å²) in [6, 6.07) is 7.75. The molecule has 2 heterocycles. The lowest BCUT2D eigenvalue weighted by Crippen LogP contribution is -2.13. The van der Waals surface area contributed by atoms with E-state index in [2.05, 4.69) is 20.3 Å². The Balaban J connectivity index is 1.87. The lowest BCUT2D eigenvalue weighted by molar-refractivity contribution is 0.102. The fraction of sp³-hybridized carbons (Fsp3) is 0.0714. The van der Waals surface area contributed by atoms with E-state index in [1.807, 2.05) is 31.2 Å². The van der Waals surface area contributed by atoms with Crippen molar-refractivity contribution in [1.82, 2.24) is 15.0 Å². The molecule has 0 unspecified atom stereocenters. The van der Waals surface area contributed by atoms with Gasteiger partial charge >= 0.3 is 0 Å². The van der Waals surface area contributed by atoms with Crippen LogP contribution in [0.5, 0.6) is 0 Å². The number of carbonyl (C=O) groups excluding carboxylic acids is 1. The Kier molecular flexibility index (Phi) is 2.72. The molecule has 0 saturated carbocycles. The number of amides is 1. The van der Waals surface area contributed by atoms with E-state index < -0.39 is 0 Å². The molecule has 3 rings (SSSR count). The van der Waals surface area contributed by atoms with Gasteiger partial charge in [0.25, 0.3) is 5.91 Å². The van der Waals surface area contributed by atoms with Gasteiger partial charge in [-0.3, -0.25) is 9.78 Å². The summed E-state index contributed by atoms with van der Waals surface area (Å²) in [5.41, 5.74) is 3.18. The zero-order valence-corrected chi connectivity index (χ0v) is 10.3. The number of aryl methyl sites for hydroxylation is 1. The topological polar surface area (TPSA) is 70.7 Å². The minimum atomic E-state index is -0.264. The molecule has 0 aliphatic rings. The molecule has 0 spiro atoms. The van der Waals surface area contributed by atoms with Gasteiger partial charge in [0.1, 0.15) is 5.69 Å². The van der Waals surface area contributed by atoms with E-state index in [4.69, 9.17) is 0 Å². The van der Waals surface area contributed by atoms with Crippen molar-refractivity contribution in [2.24, 2.45) is 0 Å². The summed E-state index contributed by atoms with van der Waals surface area (Å²) in [5.74, 6) is -0.264. The summed E-state index contributed by atoms with van der Waals surface area (Å²) in [4.78, 5) is 23.0. The predicted molar refractivity (Wildman–Crippen MR) is 73.0 cm³/mol. The average molecular weight is 252 g/mol. The number of hydrogen-bond acceptors (Lipinski definition) is 3. The zero-order valence-electron chi connectivity index (χ0n) is 10.3. The molecule has 5 heteroatoms. The van der Waals surface area contributed by atoms with Crippen molar-refractivity contribution >= 4 is 22.5 Å². The molecule has 0 atom stereocenters. The maximum Gasteiger partial charge on any atom is 0.275 e. The number of anilines is 1. The first kappa shape index (κ1) is 11.4.